The van der Waals surface area contributed by atoms with E-state index in [9.17, 15) is 4.79 Å². The van der Waals surface area contributed by atoms with E-state index in [2.05, 4.69) is 15.6 Å². The molecule has 0 atom stereocenters. The molecular formula is C13H10Cl3N3O. The summed E-state index contributed by atoms with van der Waals surface area (Å²) in [4.78, 5) is 16.3. The number of hydrogen-bond donors (Lipinski definition) is 2. The summed E-state index contributed by atoms with van der Waals surface area (Å²) in [6.07, 6.45) is 1.59. The van der Waals surface area contributed by atoms with Gasteiger partial charge < -0.3 is 10.6 Å². The van der Waals surface area contributed by atoms with Gasteiger partial charge in [-0.1, -0.05) is 34.8 Å². The molecule has 7 heteroatoms. The van der Waals surface area contributed by atoms with Crippen LogP contribution in [0, 0.1) is 0 Å². The number of carbonyl (C=O) groups excluding carboxylic acids is 1. The zero-order valence-electron chi connectivity index (χ0n) is 10.4. The third-order valence-corrected chi connectivity index (χ3v) is 3.35. The van der Waals surface area contributed by atoms with Crippen LogP contribution in [0.2, 0.25) is 15.1 Å². The number of anilines is 2. The normalized spacial score (nSPS) is 10.2. The van der Waals surface area contributed by atoms with Crippen molar-refractivity contribution < 1.29 is 4.79 Å². The van der Waals surface area contributed by atoms with E-state index < -0.39 is 0 Å². The van der Waals surface area contributed by atoms with Gasteiger partial charge in [0.2, 0.25) is 0 Å². The number of carbonyl (C=O) groups is 1. The summed E-state index contributed by atoms with van der Waals surface area (Å²) in [6.45, 7) is 0. The average Bonchev–Trinajstić information content (AvgIpc) is 2.42. The van der Waals surface area contributed by atoms with Crippen LogP contribution in [0.1, 0.15) is 10.4 Å². The van der Waals surface area contributed by atoms with Gasteiger partial charge in [0.15, 0.2) is 0 Å². The van der Waals surface area contributed by atoms with Crippen LogP contribution in [0.15, 0.2) is 30.5 Å². The highest BCUT2D eigenvalue weighted by Gasteiger charge is 2.15. The fourth-order valence-electron chi connectivity index (χ4n) is 1.63. The molecule has 1 heterocycles. The first-order chi connectivity index (χ1) is 9.52. The van der Waals surface area contributed by atoms with Crippen molar-refractivity contribution in [1.29, 1.82) is 0 Å². The molecule has 0 aliphatic heterocycles. The predicted octanol–water partition coefficient (Wildman–Crippen LogP) is 4.34. The van der Waals surface area contributed by atoms with Crippen molar-refractivity contribution in [3.63, 3.8) is 0 Å². The molecule has 0 radical (unpaired) electrons. The van der Waals surface area contributed by atoms with E-state index in [1.165, 1.54) is 12.1 Å². The monoisotopic (exact) mass is 329 g/mol. The predicted molar refractivity (Wildman–Crippen MR) is 83.2 cm³/mol. The lowest BCUT2D eigenvalue weighted by atomic mass is 10.2. The number of hydrogen-bond acceptors (Lipinski definition) is 3. The number of nitrogens with one attached hydrogen (secondary N) is 2. The average molecular weight is 331 g/mol. The first kappa shape index (κ1) is 14.9. The number of aromatic nitrogens is 1. The van der Waals surface area contributed by atoms with Gasteiger partial charge in [-0.3, -0.25) is 4.79 Å². The molecule has 0 aliphatic carbocycles. The topological polar surface area (TPSA) is 54.0 Å². The standard InChI is InChI=1S/C13H10Cl3N3O/c1-17-12-8(3-2-4-18-12)13(20)19-11-9(15)5-7(14)6-10(11)16/h2-6H,1H3,(H,17,18)(H,19,20). The molecular weight excluding hydrogens is 321 g/mol. The van der Waals surface area contributed by atoms with Crippen molar-refractivity contribution in [3.05, 3.63) is 51.1 Å². The SMILES string of the molecule is CNc1ncccc1C(=O)Nc1c(Cl)cc(Cl)cc1Cl. The molecule has 0 spiro atoms. The summed E-state index contributed by atoms with van der Waals surface area (Å²) < 4.78 is 0. The first-order valence-corrected chi connectivity index (χ1v) is 6.75. The molecule has 1 amide bonds. The number of amides is 1. The number of rotatable bonds is 3. The summed E-state index contributed by atoms with van der Waals surface area (Å²) in [7, 11) is 1.68. The number of benzene rings is 1. The minimum absolute atomic E-state index is 0.269. The maximum Gasteiger partial charge on any atom is 0.259 e. The van der Waals surface area contributed by atoms with Crippen LogP contribution >= 0.6 is 34.8 Å². The van der Waals surface area contributed by atoms with Crippen LogP contribution < -0.4 is 10.6 Å². The maximum absolute atomic E-state index is 12.2. The van der Waals surface area contributed by atoms with Crippen molar-refractivity contribution in [2.45, 2.75) is 0 Å². The van der Waals surface area contributed by atoms with Gasteiger partial charge in [-0.25, -0.2) is 4.98 Å². The van der Waals surface area contributed by atoms with Crippen LogP contribution in [0.3, 0.4) is 0 Å². The molecule has 2 aromatic rings. The summed E-state index contributed by atoms with van der Waals surface area (Å²) in [5.74, 6) is 0.0970. The van der Waals surface area contributed by atoms with Gasteiger partial charge in [0.1, 0.15) is 5.82 Å². The van der Waals surface area contributed by atoms with E-state index in [-0.39, 0.29) is 16.0 Å². The number of pyridine rings is 1. The van der Waals surface area contributed by atoms with E-state index in [4.69, 9.17) is 34.8 Å². The molecule has 20 heavy (non-hydrogen) atoms. The van der Waals surface area contributed by atoms with E-state index in [0.29, 0.717) is 22.1 Å². The zero-order valence-corrected chi connectivity index (χ0v) is 12.6. The van der Waals surface area contributed by atoms with Crippen molar-refractivity contribution in [3.8, 4) is 0 Å². The van der Waals surface area contributed by atoms with Gasteiger partial charge in [0, 0.05) is 18.3 Å². The van der Waals surface area contributed by atoms with E-state index >= 15 is 0 Å². The van der Waals surface area contributed by atoms with Gasteiger partial charge in [-0.2, -0.15) is 0 Å². The van der Waals surface area contributed by atoms with E-state index in [1.54, 1.807) is 25.4 Å². The van der Waals surface area contributed by atoms with E-state index in [0.717, 1.165) is 0 Å². The second kappa shape index (κ2) is 6.31. The Labute approximate surface area is 131 Å². The highest BCUT2D eigenvalue weighted by atomic mass is 35.5. The molecule has 4 nitrogen and oxygen atoms in total. The van der Waals surface area contributed by atoms with Crippen LogP contribution in [-0.2, 0) is 0 Å². The Morgan fingerprint density at radius 3 is 2.45 bits per heavy atom. The second-order valence-electron chi connectivity index (χ2n) is 3.85. The lowest BCUT2D eigenvalue weighted by Gasteiger charge is -2.11. The minimum atomic E-state index is -0.367. The lowest BCUT2D eigenvalue weighted by Crippen LogP contribution is -2.15. The van der Waals surface area contributed by atoms with Gasteiger partial charge >= 0.3 is 0 Å². The van der Waals surface area contributed by atoms with Crippen molar-refractivity contribution >= 4 is 52.2 Å². The minimum Gasteiger partial charge on any atom is -0.372 e. The largest absolute Gasteiger partial charge is 0.372 e. The molecule has 2 rings (SSSR count). The Bertz CT molecular complexity index is 638. The smallest absolute Gasteiger partial charge is 0.259 e. The molecule has 0 saturated heterocycles. The Hall–Kier alpha value is -1.49. The second-order valence-corrected chi connectivity index (χ2v) is 5.10. The fraction of sp³-hybridized carbons (Fsp3) is 0.0769. The molecule has 0 unspecified atom stereocenters. The van der Waals surface area contributed by atoms with Crippen LogP contribution in [0.5, 0.6) is 0 Å². The Morgan fingerprint density at radius 2 is 1.85 bits per heavy atom. The van der Waals surface area contributed by atoms with Gasteiger partial charge in [0.05, 0.1) is 21.3 Å². The highest BCUT2D eigenvalue weighted by Crippen LogP contribution is 2.34. The molecule has 1 aromatic heterocycles. The molecule has 0 fully saturated rings. The van der Waals surface area contributed by atoms with Crippen molar-refractivity contribution in [2.75, 3.05) is 17.7 Å². The van der Waals surface area contributed by atoms with E-state index in [1.807, 2.05) is 0 Å². The molecule has 0 aliphatic rings. The summed E-state index contributed by atoms with van der Waals surface area (Å²) in [5, 5.41) is 6.43. The van der Waals surface area contributed by atoms with Gasteiger partial charge in [-0.15, -0.1) is 0 Å². The summed E-state index contributed by atoms with van der Waals surface area (Å²) in [5.41, 5.74) is 0.700. The molecule has 1 aromatic carbocycles. The number of nitrogens with zero attached hydrogens (tertiary/aromatic N) is 1. The highest BCUT2D eigenvalue weighted by molar-refractivity contribution is 6.42. The maximum atomic E-state index is 12.2. The first-order valence-electron chi connectivity index (χ1n) is 5.61. The summed E-state index contributed by atoms with van der Waals surface area (Å²) >= 11 is 17.9. The molecule has 2 N–H and O–H groups in total. The Balaban J connectivity index is 2.33. The Kier molecular flexibility index (Phi) is 4.70. The zero-order chi connectivity index (χ0) is 14.7. The molecule has 0 saturated carbocycles. The van der Waals surface area contributed by atoms with Crippen molar-refractivity contribution in [2.24, 2.45) is 0 Å². The summed E-state index contributed by atoms with van der Waals surface area (Å²) in [6, 6.07) is 6.33. The third kappa shape index (κ3) is 3.15. The molecule has 0 bridgehead atoms. The quantitative estimate of drug-likeness (QED) is 0.880. The van der Waals surface area contributed by atoms with Crippen LogP contribution in [0.4, 0.5) is 11.5 Å². The van der Waals surface area contributed by atoms with Crippen LogP contribution in [0.25, 0.3) is 0 Å². The van der Waals surface area contributed by atoms with Gasteiger partial charge in [0.25, 0.3) is 5.91 Å². The van der Waals surface area contributed by atoms with Crippen LogP contribution in [-0.4, -0.2) is 17.9 Å². The lowest BCUT2D eigenvalue weighted by molar-refractivity contribution is 0.102. The number of halogens is 3. The third-order valence-electron chi connectivity index (χ3n) is 2.53. The van der Waals surface area contributed by atoms with Gasteiger partial charge in [-0.05, 0) is 24.3 Å². The Morgan fingerprint density at radius 1 is 1.20 bits per heavy atom. The van der Waals surface area contributed by atoms with Crippen molar-refractivity contribution in [1.82, 2.24) is 4.98 Å². The molecule has 104 valence electrons. The fourth-order valence-corrected chi connectivity index (χ4v) is 2.54.